The van der Waals surface area contributed by atoms with Crippen molar-refractivity contribution in [2.24, 2.45) is 0 Å². The predicted octanol–water partition coefficient (Wildman–Crippen LogP) is 6.11. The molecule has 0 saturated heterocycles. The number of halogens is 2. The van der Waals surface area contributed by atoms with Crippen LogP contribution in [-0.4, -0.2) is 17.6 Å². The van der Waals surface area contributed by atoms with E-state index in [4.69, 9.17) is 32.9 Å². The summed E-state index contributed by atoms with van der Waals surface area (Å²) in [6.07, 6.45) is 0. The molecule has 0 fully saturated rings. The van der Waals surface area contributed by atoms with Gasteiger partial charge in [0.2, 0.25) is 0 Å². The quantitative estimate of drug-likeness (QED) is 0.256. The maximum absolute atomic E-state index is 14.4. The SMILES string of the molecule is COOSc1ccc(C2=C(c3cccc(Cl)c3)C(=S)C(C)(C)O2)cc1F. The Kier molecular flexibility index (Phi) is 5.69. The van der Waals surface area contributed by atoms with Crippen molar-refractivity contribution in [1.82, 2.24) is 0 Å². The van der Waals surface area contributed by atoms with Gasteiger partial charge in [-0.05, 0) is 49.7 Å². The molecule has 136 valence electrons. The molecule has 7 heteroatoms. The fourth-order valence-electron chi connectivity index (χ4n) is 2.65. The van der Waals surface area contributed by atoms with Crippen molar-refractivity contribution >= 4 is 52.1 Å². The number of benzene rings is 2. The van der Waals surface area contributed by atoms with E-state index in [2.05, 4.69) is 4.89 Å². The highest BCUT2D eigenvalue weighted by Gasteiger charge is 2.39. The van der Waals surface area contributed by atoms with Crippen LogP contribution in [-0.2, 0) is 14.0 Å². The zero-order chi connectivity index (χ0) is 18.9. The molecule has 0 saturated carbocycles. The lowest BCUT2D eigenvalue weighted by atomic mass is 9.94. The third-order valence-corrected chi connectivity index (χ3v) is 5.50. The summed E-state index contributed by atoms with van der Waals surface area (Å²) in [7, 11) is 1.36. The molecule has 0 bridgehead atoms. The van der Waals surface area contributed by atoms with E-state index in [0.717, 1.165) is 23.2 Å². The molecule has 0 radical (unpaired) electrons. The molecule has 0 N–H and O–H groups in total. The third-order valence-electron chi connectivity index (χ3n) is 3.86. The van der Waals surface area contributed by atoms with Gasteiger partial charge in [-0.2, -0.15) is 4.33 Å². The first kappa shape index (κ1) is 19.3. The van der Waals surface area contributed by atoms with Crippen molar-refractivity contribution in [3.63, 3.8) is 0 Å². The second-order valence-electron chi connectivity index (χ2n) is 6.12. The Morgan fingerprint density at radius 2 is 1.92 bits per heavy atom. The van der Waals surface area contributed by atoms with Crippen molar-refractivity contribution in [3.05, 3.63) is 64.4 Å². The van der Waals surface area contributed by atoms with Gasteiger partial charge in [0.25, 0.3) is 0 Å². The van der Waals surface area contributed by atoms with Crippen LogP contribution in [0.5, 0.6) is 0 Å². The van der Waals surface area contributed by atoms with Crippen molar-refractivity contribution in [2.75, 3.05) is 7.11 Å². The summed E-state index contributed by atoms with van der Waals surface area (Å²) in [5.74, 6) is 0.0899. The monoisotopic (exact) mass is 410 g/mol. The molecular weight excluding hydrogens is 395 g/mol. The van der Waals surface area contributed by atoms with E-state index in [1.807, 2.05) is 32.0 Å². The van der Waals surface area contributed by atoms with Crippen LogP contribution < -0.4 is 0 Å². The van der Waals surface area contributed by atoms with Gasteiger partial charge in [-0.3, -0.25) is 0 Å². The first-order valence-electron chi connectivity index (χ1n) is 7.75. The third kappa shape index (κ3) is 3.80. The fraction of sp³-hybridized carbons (Fsp3) is 0.211. The minimum absolute atomic E-state index is 0.306. The molecular formula is C19H16ClFO3S2. The van der Waals surface area contributed by atoms with E-state index in [1.165, 1.54) is 13.2 Å². The highest BCUT2D eigenvalue weighted by molar-refractivity contribution is 7.94. The van der Waals surface area contributed by atoms with Crippen molar-refractivity contribution < 1.29 is 18.3 Å². The number of hydrogen-bond acceptors (Lipinski definition) is 5. The molecule has 1 aliphatic heterocycles. The Hall–Kier alpha value is -1.44. The number of ether oxygens (including phenoxy) is 1. The maximum atomic E-state index is 14.4. The minimum atomic E-state index is -0.675. The second kappa shape index (κ2) is 7.66. The highest BCUT2D eigenvalue weighted by Crippen LogP contribution is 2.43. The van der Waals surface area contributed by atoms with Crippen LogP contribution >= 0.6 is 35.9 Å². The van der Waals surface area contributed by atoms with Crippen molar-refractivity contribution in [3.8, 4) is 0 Å². The second-order valence-corrected chi connectivity index (χ2v) is 7.71. The summed E-state index contributed by atoms with van der Waals surface area (Å²) in [6, 6.07) is 12.1. The molecule has 0 atom stereocenters. The van der Waals surface area contributed by atoms with Gasteiger partial charge in [-0.15, -0.1) is 0 Å². The van der Waals surface area contributed by atoms with Crippen molar-refractivity contribution in [2.45, 2.75) is 24.3 Å². The zero-order valence-corrected chi connectivity index (χ0v) is 16.7. The van der Waals surface area contributed by atoms with Gasteiger partial charge in [0.05, 0.1) is 28.9 Å². The molecule has 1 aliphatic rings. The standard InChI is InChI=1S/C19H16ClFO3S2/c1-19(2)18(25)16(11-5-4-6-13(20)9-11)17(23-19)12-7-8-15(14(21)10-12)26-24-22-3/h4-10H,1-3H3. The average molecular weight is 411 g/mol. The summed E-state index contributed by atoms with van der Waals surface area (Å²) >= 11 is 12.6. The van der Waals surface area contributed by atoms with Crippen LogP contribution in [0, 0.1) is 5.82 Å². The molecule has 1 heterocycles. The number of rotatable bonds is 5. The van der Waals surface area contributed by atoms with Gasteiger partial charge in [0.15, 0.2) is 0 Å². The molecule has 2 aromatic carbocycles. The largest absolute Gasteiger partial charge is 0.481 e. The van der Waals surface area contributed by atoms with E-state index in [1.54, 1.807) is 18.2 Å². The van der Waals surface area contributed by atoms with E-state index >= 15 is 0 Å². The molecule has 0 spiro atoms. The Labute approximate surface area is 166 Å². The van der Waals surface area contributed by atoms with Crippen LogP contribution in [0.15, 0.2) is 47.4 Å². The van der Waals surface area contributed by atoms with Gasteiger partial charge in [0.1, 0.15) is 17.2 Å². The van der Waals surface area contributed by atoms with Crippen molar-refractivity contribution in [1.29, 1.82) is 0 Å². The first-order chi connectivity index (χ1) is 12.3. The van der Waals surface area contributed by atoms with E-state index < -0.39 is 11.4 Å². The van der Waals surface area contributed by atoms with Crippen LogP contribution in [0.1, 0.15) is 25.0 Å². The summed E-state index contributed by atoms with van der Waals surface area (Å²) in [6.45, 7) is 3.78. The van der Waals surface area contributed by atoms with Crippen LogP contribution in [0.25, 0.3) is 11.3 Å². The van der Waals surface area contributed by atoms with Gasteiger partial charge >= 0.3 is 0 Å². The summed E-state index contributed by atoms with van der Waals surface area (Å²) in [5, 5.41) is 0.594. The minimum Gasteiger partial charge on any atom is -0.481 e. The lowest BCUT2D eigenvalue weighted by molar-refractivity contribution is -0.160. The number of thiocarbonyl (C=S) groups is 1. The smallest absolute Gasteiger partial charge is 0.139 e. The lowest BCUT2D eigenvalue weighted by Gasteiger charge is -2.20. The zero-order valence-electron chi connectivity index (χ0n) is 14.3. The molecule has 3 rings (SSSR count). The Morgan fingerprint density at radius 3 is 2.58 bits per heavy atom. The van der Waals surface area contributed by atoms with Crippen LogP contribution in [0.3, 0.4) is 0 Å². The molecule has 0 aliphatic carbocycles. The fourth-order valence-corrected chi connectivity index (χ4v) is 3.49. The first-order valence-corrected chi connectivity index (χ1v) is 9.27. The average Bonchev–Trinajstić information content (AvgIpc) is 2.84. The molecule has 0 amide bonds. The van der Waals surface area contributed by atoms with Crippen LogP contribution in [0.4, 0.5) is 4.39 Å². The van der Waals surface area contributed by atoms with Gasteiger partial charge < -0.3 is 4.74 Å². The Morgan fingerprint density at radius 1 is 1.15 bits per heavy atom. The van der Waals surface area contributed by atoms with E-state index in [0.29, 0.717) is 26.1 Å². The van der Waals surface area contributed by atoms with E-state index in [9.17, 15) is 4.39 Å². The summed E-state index contributed by atoms with van der Waals surface area (Å²) in [4.78, 5) is 5.45. The lowest BCUT2D eigenvalue weighted by Crippen LogP contribution is -2.27. The predicted molar refractivity (Wildman–Crippen MR) is 106 cm³/mol. The highest BCUT2D eigenvalue weighted by atomic mass is 35.5. The molecule has 3 nitrogen and oxygen atoms in total. The number of hydrogen-bond donors (Lipinski definition) is 0. The van der Waals surface area contributed by atoms with E-state index in [-0.39, 0.29) is 0 Å². The Bertz CT molecular complexity index is 896. The van der Waals surface area contributed by atoms with Gasteiger partial charge in [0, 0.05) is 16.2 Å². The molecule has 26 heavy (non-hydrogen) atoms. The summed E-state index contributed by atoms with van der Waals surface area (Å²) < 4.78 is 25.2. The maximum Gasteiger partial charge on any atom is 0.139 e. The van der Waals surface area contributed by atoms with Gasteiger partial charge in [-0.1, -0.05) is 36.0 Å². The Balaban J connectivity index is 2.10. The topological polar surface area (TPSA) is 27.7 Å². The molecule has 2 aromatic rings. The van der Waals surface area contributed by atoms with Crippen LogP contribution in [0.2, 0.25) is 5.02 Å². The molecule has 0 unspecified atom stereocenters. The summed E-state index contributed by atoms with van der Waals surface area (Å²) in [5.41, 5.74) is 1.50. The molecule has 0 aromatic heterocycles. The van der Waals surface area contributed by atoms with Gasteiger partial charge in [-0.25, -0.2) is 9.28 Å². The normalized spacial score (nSPS) is 16.1.